The summed E-state index contributed by atoms with van der Waals surface area (Å²) in [6, 6.07) is 9.68. The van der Waals surface area contributed by atoms with Crippen LogP contribution in [0.2, 0.25) is 0 Å². The maximum Gasteiger partial charge on any atom is 0.409 e. The van der Waals surface area contributed by atoms with E-state index in [1.807, 2.05) is 31.4 Å². The quantitative estimate of drug-likeness (QED) is 0.560. The number of amides is 2. The third-order valence-corrected chi connectivity index (χ3v) is 6.06. The van der Waals surface area contributed by atoms with E-state index in [-0.39, 0.29) is 29.6 Å². The minimum atomic E-state index is -0.353. The van der Waals surface area contributed by atoms with E-state index in [9.17, 15) is 14.0 Å². The zero-order chi connectivity index (χ0) is 23.4. The van der Waals surface area contributed by atoms with Crippen LogP contribution < -0.4 is 0 Å². The van der Waals surface area contributed by atoms with Gasteiger partial charge in [0.1, 0.15) is 5.82 Å². The molecule has 1 fully saturated rings. The summed E-state index contributed by atoms with van der Waals surface area (Å²) >= 11 is 1.48. The van der Waals surface area contributed by atoms with Gasteiger partial charge in [0.25, 0.3) is 5.91 Å². The molecule has 0 saturated carbocycles. The predicted molar refractivity (Wildman–Crippen MR) is 123 cm³/mol. The number of carbonyl (C=O) groups is 2. The Kier molecular flexibility index (Phi) is 7.02. The fourth-order valence-electron chi connectivity index (χ4n) is 3.50. The molecule has 0 radical (unpaired) electrons. The number of hydrogen-bond acceptors (Lipinski definition) is 6. The molecule has 0 atom stereocenters. The molecule has 174 valence electrons. The Morgan fingerprint density at radius 2 is 1.82 bits per heavy atom. The van der Waals surface area contributed by atoms with Crippen LogP contribution in [0.25, 0.3) is 16.4 Å². The van der Waals surface area contributed by atoms with Gasteiger partial charge in [0.15, 0.2) is 5.82 Å². The Labute approximate surface area is 195 Å². The van der Waals surface area contributed by atoms with E-state index in [0.717, 1.165) is 4.88 Å². The van der Waals surface area contributed by atoms with Crippen molar-refractivity contribution < 1.29 is 18.7 Å². The van der Waals surface area contributed by atoms with Crippen LogP contribution in [0, 0.1) is 11.7 Å². The maximum atomic E-state index is 13.4. The molecule has 0 unspecified atom stereocenters. The van der Waals surface area contributed by atoms with E-state index in [1.54, 1.807) is 26.6 Å². The molecular formula is C23H26FN5O3S. The van der Waals surface area contributed by atoms with Crippen molar-refractivity contribution in [2.75, 3.05) is 32.8 Å². The van der Waals surface area contributed by atoms with E-state index in [1.165, 1.54) is 23.5 Å². The van der Waals surface area contributed by atoms with Gasteiger partial charge in [-0.05, 0) is 48.1 Å². The van der Waals surface area contributed by atoms with Crippen LogP contribution in [0.5, 0.6) is 0 Å². The second kappa shape index (κ2) is 10.1. The van der Waals surface area contributed by atoms with Crippen LogP contribution in [-0.4, -0.2) is 69.4 Å². The van der Waals surface area contributed by atoms with Crippen LogP contribution in [0.3, 0.4) is 0 Å². The molecule has 0 N–H and O–H groups in total. The number of carbonyl (C=O) groups excluding carboxylic acids is 2. The standard InChI is InChI=1S/C23H26FN5O3S/c1-16(2)15-32-23(31)28-11-4-10-27(12-13-28)22(30)20-25-21(19-5-3-14-33-19)29(26-20)18-8-6-17(24)7-9-18/h3,5-9,14,16H,4,10-13,15H2,1-2H3. The summed E-state index contributed by atoms with van der Waals surface area (Å²) in [4.78, 5) is 34.3. The molecule has 2 amide bonds. The summed E-state index contributed by atoms with van der Waals surface area (Å²) in [5.74, 6) is 0.200. The summed E-state index contributed by atoms with van der Waals surface area (Å²) in [5, 5.41) is 6.39. The third-order valence-electron chi connectivity index (χ3n) is 5.19. The Morgan fingerprint density at radius 1 is 1.09 bits per heavy atom. The average molecular weight is 472 g/mol. The van der Waals surface area contributed by atoms with Crippen molar-refractivity contribution in [2.45, 2.75) is 20.3 Å². The van der Waals surface area contributed by atoms with Gasteiger partial charge < -0.3 is 14.5 Å². The van der Waals surface area contributed by atoms with Gasteiger partial charge in [-0.25, -0.2) is 18.9 Å². The smallest absolute Gasteiger partial charge is 0.409 e. The van der Waals surface area contributed by atoms with Crippen molar-refractivity contribution in [3.63, 3.8) is 0 Å². The van der Waals surface area contributed by atoms with Gasteiger partial charge in [-0.3, -0.25) is 4.79 Å². The first-order chi connectivity index (χ1) is 15.9. The first-order valence-corrected chi connectivity index (χ1v) is 11.8. The Balaban J connectivity index is 1.53. The fraction of sp³-hybridized carbons (Fsp3) is 0.391. The summed E-state index contributed by atoms with van der Waals surface area (Å²) in [6.07, 6.45) is 0.288. The minimum absolute atomic E-state index is 0.0681. The molecule has 2 aromatic heterocycles. The molecule has 0 bridgehead atoms. The number of ether oxygens (including phenoxy) is 1. The maximum absolute atomic E-state index is 13.4. The van der Waals surface area contributed by atoms with Crippen molar-refractivity contribution in [1.29, 1.82) is 0 Å². The van der Waals surface area contributed by atoms with Gasteiger partial charge in [0.05, 0.1) is 17.2 Å². The van der Waals surface area contributed by atoms with E-state index < -0.39 is 0 Å². The summed E-state index contributed by atoms with van der Waals surface area (Å²) < 4.78 is 20.3. The van der Waals surface area contributed by atoms with Gasteiger partial charge in [-0.1, -0.05) is 19.9 Å². The molecule has 1 aliphatic heterocycles. The zero-order valence-electron chi connectivity index (χ0n) is 18.6. The highest BCUT2D eigenvalue weighted by Crippen LogP contribution is 2.26. The molecule has 0 spiro atoms. The molecular weight excluding hydrogens is 445 g/mol. The monoisotopic (exact) mass is 471 g/mol. The largest absolute Gasteiger partial charge is 0.449 e. The van der Waals surface area contributed by atoms with E-state index in [0.29, 0.717) is 50.7 Å². The van der Waals surface area contributed by atoms with Crippen molar-refractivity contribution in [3.05, 3.63) is 53.4 Å². The molecule has 4 rings (SSSR count). The van der Waals surface area contributed by atoms with Crippen molar-refractivity contribution in [1.82, 2.24) is 24.6 Å². The highest BCUT2D eigenvalue weighted by Gasteiger charge is 2.27. The zero-order valence-corrected chi connectivity index (χ0v) is 19.4. The summed E-state index contributed by atoms with van der Waals surface area (Å²) in [5.41, 5.74) is 0.612. The number of rotatable bonds is 5. The highest BCUT2D eigenvalue weighted by molar-refractivity contribution is 7.13. The van der Waals surface area contributed by atoms with Crippen LogP contribution in [0.1, 0.15) is 30.9 Å². The second-order valence-electron chi connectivity index (χ2n) is 8.23. The summed E-state index contributed by atoms with van der Waals surface area (Å²) in [6.45, 7) is 6.12. The van der Waals surface area contributed by atoms with Gasteiger partial charge in [0.2, 0.25) is 5.82 Å². The molecule has 3 aromatic rings. The fourth-order valence-corrected chi connectivity index (χ4v) is 4.20. The first-order valence-electron chi connectivity index (χ1n) is 10.9. The Hall–Kier alpha value is -3.27. The van der Waals surface area contributed by atoms with Crippen molar-refractivity contribution in [2.24, 2.45) is 5.92 Å². The van der Waals surface area contributed by atoms with E-state index >= 15 is 0 Å². The van der Waals surface area contributed by atoms with Gasteiger partial charge in [-0.15, -0.1) is 16.4 Å². The SMILES string of the molecule is CC(C)COC(=O)N1CCCN(C(=O)c2nc(-c3cccs3)n(-c3ccc(F)cc3)n2)CC1. The van der Waals surface area contributed by atoms with E-state index in [2.05, 4.69) is 10.1 Å². The van der Waals surface area contributed by atoms with Crippen LogP contribution in [0.4, 0.5) is 9.18 Å². The molecule has 0 aliphatic carbocycles. The van der Waals surface area contributed by atoms with Gasteiger partial charge in [0, 0.05) is 26.2 Å². The second-order valence-corrected chi connectivity index (χ2v) is 9.18. The Morgan fingerprint density at radius 3 is 2.52 bits per heavy atom. The van der Waals surface area contributed by atoms with Gasteiger partial charge in [-0.2, -0.15) is 0 Å². The number of thiophene rings is 1. The van der Waals surface area contributed by atoms with Crippen LogP contribution >= 0.6 is 11.3 Å². The number of halogens is 1. The molecule has 1 aliphatic rings. The topological polar surface area (TPSA) is 80.6 Å². The molecule has 10 heteroatoms. The van der Waals surface area contributed by atoms with Gasteiger partial charge >= 0.3 is 6.09 Å². The third kappa shape index (κ3) is 5.39. The number of nitrogens with zero attached hydrogens (tertiary/aromatic N) is 5. The Bertz CT molecular complexity index is 1100. The van der Waals surface area contributed by atoms with Crippen LogP contribution in [-0.2, 0) is 4.74 Å². The number of aromatic nitrogens is 3. The predicted octanol–water partition coefficient (Wildman–Crippen LogP) is 4.08. The number of benzene rings is 1. The lowest BCUT2D eigenvalue weighted by molar-refractivity contribution is 0.0735. The van der Waals surface area contributed by atoms with Crippen molar-refractivity contribution >= 4 is 23.3 Å². The minimum Gasteiger partial charge on any atom is -0.449 e. The average Bonchev–Trinajstić information content (AvgIpc) is 3.42. The van der Waals surface area contributed by atoms with Crippen LogP contribution in [0.15, 0.2) is 41.8 Å². The lowest BCUT2D eigenvalue weighted by Crippen LogP contribution is -2.38. The normalized spacial score (nSPS) is 14.4. The summed E-state index contributed by atoms with van der Waals surface area (Å²) in [7, 11) is 0. The molecule has 8 nitrogen and oxygen atoms in total. The molecule has 1 aromatic carbocycles. The van der Waals surface area contributed by atoms with Crippen molar-refractivity contribution in [3.8, 4) is 16.4 Å². The lowest BCUT2D eigenvalue weighted by atomic mass is 10.2. The van der Waals surface area contributed by atoms with E-state index in [4.69, 9.17) is 4.74 Å². The number of hydrogen-bond donors (Lipinski definition) is 0. The molecule has 3 heterocycles. The highest BCUT2D eigenvalue weighted by atomic mass is 32.1. The first kappa shape index (κ1) is 22.9. The lowest BCUT2D eigenvalue weighted by Gasteiger charge is -2.21. The molecule has 1 saturated heterocycles. The molecule has 33 heavy (non-hydrogen) atoms.